The van der Waals surface area contributed by atoms with Gasteiger partial charge in [0.2, 0.25) is 10.0 Å². The third kappa shape index (κ3) is 1.99. The van der Waals surface area contributed by atoms with Crippen LogP contribution in [-0.2, 0) is 14.8 Å². The van der Waals surface area contributed by atoms with E-state index < -0.39 is 28.1 Å². The average Bonchev–Trinajstić information content (AvgIpc) is 2.38. The second-order valence-electron chi connectivity index (χ2n) is 4.15. The maximum Gasteiger partial charge on any atom is 0.327 e. The first-order valence-corrected chi connectivity index (χ1v) is 6.19. The minimum atomic E-state index is -3.56. The fraction of sp³-hybridized carbons (Fsp3) is 0.875. The van der Waals surface area contributed by atoms with Crippen molar-refractivity contribution in [1.82, 2.24) is 4.31 Å². The third-order valence-electron chi connectivity index (χ3n) is 2.63. The first kappa shape index (κ1) is 12.4. The van der Waals surface area contributed by atoms with Gasteiger partial charge in [-0.3, -0.25) is 4.79 Å². The molecule has 0 saturated carbocycles. The van der Waals surface area contributed by atoms with E-state index in [0.29, 0.717) is 0 Å². The number of hydrogen-bond donors (Lipinski definition) is 2. The molecular weight excluding hydrogens is 222 g/mol. The Labute approximate surface area is 88.6 Å². The molecule has 0 bridgehead atoms. The number of carboxylic acids is 1. The van der Waals surface area contributed by atoms with Crippen molar-refractivity contribution in [3.05, 3.63) is 0 Å². The van der Waals surface area contributed by atoms with Crippen LogP contribution >= 0.6 is 0 Å². The van der Waals surface area contributed by atoms with Crippen LogP contribution in [0.2, 0.25) is 0 Å². The summed E-state index contributed by atoms with van der Waals surface area (Å²) in [6, 6.07) is 0. The molecule has 2 N–H and O–H groups in total. The number of aliphatic hydroxyl groups excluding tert-OH is 1. The normalized spacial score (nSPS) is 29.9. The molecule has 1 aliphatic heterocycles. The number of aliphatic hydroxyl groups is 1. The zero-order valence-electron chi connectivity index (χ0n) is 8.67. The minimum absolute atomic E-state index is 0.0597. The Hall–Kier alpha value is -0.660. The summed E-state index contributed by atoms with van der Waals surface area (Å²) in [7, 11) is -3.56. The van der Waals surface area contributed by atoms with Gasteiger partial charge in [0.25, 0.3) is 0 Å². The second-order valence-corrected chi connectivity index (χ2v) is 6.09. The molecule has 0 amide bonds. The molecule has 2 atom stereocenters. The Morgan fingerprint density at radius 3 is 2.40 bits per heavy atom. The van der Waals surface area contributed by atoms with Crippen molar-refractivity contribution in [2.75, 3.05) is 18.9 Å². The van der Waals surface area contributed by atoms with Crippen LogP contribution in [0.1, 0.15) is 13.8 Å². The Bertz CT molecular complexity index is 365. The molecular formula is C8H15NO5S. The summed E-state index contributed by atoms with van der Waals surface area (Å²) in [5.74, 6) is -1.50. The SMILES string of the molecule is CC1CN(C(C)(CO)C(=O)O)S(=O)(=O)C1. The van der Waals surface area contributed by atoms with Crippen LogP contribution in [0.15, 0.2) is 0 Å². The lowest BCUT2D eigenvalue weighted by atomic mass is 10.0. The van der Waals surface area contributed by atoms with Crippen LogP contribution in [0.3, 0.4) is 0 Å². The molecule has 7 heteroatoms. The van der Waals surface area contributed by atoms with Crippen molar-refractivity contribution in [3.63, 3.8) is 0 Å². The molecule has 0 aliphatic carbocycles. The Morgan fingerprint density at radius 2 is 2.13 bits per heavy atom. The van der Waals surface area contributed by atoms with Gasteiger partial charge in [-0.15, -0.1) is 0 Å². The summed E-state index contributed by atoms with van der Waals surface area (Å²) in [6.07, 6.45) is 0. The quantitative estimate of drug-likeness (QED) is 0.663. The number of sulfonamides is 1. The number of rotatable bonds is 3. The molecule has 1 rings (SSSR count). The van der Waals surface area contributed by atoms with E-state index >= 15 is 0 Å². The molecule has 88 valence electrons. The third-order valence-corrected chi connectivity index (χ3v) is 4.84. The lowest BCUT2D eigenvalue weighted by molar-refractivity contribution is -0.149. The summed E-state index contributed by atoms with van der Waals surface area (Å²) in [4.78, 5) is 11.0. The number of nitrogens with zero attached hydrogens (tertiary/aromatic N) is 1. The Morgan fingerprint density at radius 1 is 1.60 bits per heavy atom. The Balaban J connectivity index is 3.12. The summed E-state index contributed by atoms with van der Waals surface area (Å²) < 4.78 is 24.1. The fourth-order valence-electron chi connectivity index (χ4n) is 1.66. The van der Waals surface area contributed by atoms with Gasteiger partial charge in [0.05, 0.1) is 12.4 Å². The number of carboxylic acid groups (broad SMARTS) is 1. The molecule has 0 radical (unpaired) electrons. The smallest absolute Gasteiger partial charge is 0.327 e. The Kier molecular flexibility index (Phi) is 3.09. The number of carbonyl (C=O) groups is 1. The number of hydrogen-bond acceptors (Lipinski definition) is 4. The molecule has 1 aliphatic rings. The maximum absolute atomic E-state index is 11.6. The van der Waals surface area contributed by atoms with Gasteiger partial charge in [-0.25, -0.2) is 8.42 Å². The van der Waals surface area contributed by atoms with E-state index in [-0.39, 0.29) is 18.2 Å². The van der Waals surface area contributed by atoms with E-state index in [1.165, 1.54) is 6.92 Å². The molecule has 0 aromatic carbocycles. The maximum atomic E-state index is 11.6. The van der Waals surface area contributed by atoms with Crippen LogP contribution in [-0.4, -0.2) is 53.3 Å². The first-order chi connectivity index (χ1) is 6.74. The highest BCUT2D eigenvalue weighted by Crippen LogP contribution is 2.28. The molecule has 1 fully saturated rings. The van der Waals surface area contributed by atoms with Crippen molar-refractivity contribution in [2.24, 2.45) is 5.92 Å². The molecule has 0 spiro atoms. The van der Waals surface area contributed by atoms with Crippen LogP contribution in [0.25, 0.3) is 0 Å². The van der Waals surface area contributed by atoms with E-state index in [9.17, 15) is 13.2 Å². The predicted octanol–water partition coefficient (Wildman–Crippen LogP) is -0.896. The van der Waals surface area contributed by atoms with Crippen LogP contribution in [0.4, 0.5) is 0 Å². The highest BCUT2D eigenvalue weighted by molar-refractivity contribution is 7.89. The summed E-state index contributed by atoms with van der Waals surface area (Å²) in [5.41, 5.74) is -1.75. The molecule has 6 nitrogen and oxygen atoms in total. The molecule has 15 heavy (non-hydrogen) atoms. The molecule has 2 unspecified atom stereocenters. The van der Waals surface area contributed by atoms with E-state index in [4.69, 9.17) is 10.2 Å². The average molecular weight is 237 g/mol. The van der Waals surface area contributed by atoms with Gasteiger partial charge < -0.3 is 10.2 Å². The topological polar surface area (TPSA) is 94.9 Å². The van der Waals surface area contributed by atoms with Crippen molar-refractivity contribution >= 4 is 16.0 Å². The van der Waals surface area contributed by atoms with Gasteiger partial charge in [0.1, 0.15) is 0 Å². The van der Waals surface area contributed by atoms with Crippen molar-refractivity contribution in [2.45, 2.75) is 19.4 Å². The zero-order chi connectivity index (χ0) is 11.9. The summed E-state index contributed by atoms with van der Waals surface area (Å²) in [6.45, 7) is 2.36. The molecule has 1 heterocycles. The highest BCUT2D eigenvalue weighted by Gasteiger charge is 2.49. The standard InChI is InChI=1S/C8H15NO5S/c1-6-3-9(15(13,14)4-6)8(2,5-10)7(11)12/h6,10H,3-5H2,1-2H3,(H,11,12). The monoisotopic (exact) mass is 237 g/mol. The van der Waals surface area contributed by atoms with Gasteiger partial charge in [-0.1, -0.05) is 6.92 Å². The highest BCUT2D eigenvalue weighted by atomic mass is 32.2. The first-order valence-electron chi connectivity index (χ1n) is 4.59. The van der Waals surface area contributed by atoms with E-state index in [2.05, 4.69) is 0 Å². The molecule has 0 aromatic rings. The summed E-state index contributed by atoms with van der Waals surface area (Å²) in [5, 5.41) is 18.0. The van der Waals surface area contributed by atoms with Crippen molar-refractivity contribution < 1.29 is 23.4 Å². The van der Waals surface area contributed by atoms with Crippen LogP contribution in [0, 0.1) is 5.92 Å². The molecule has 1 saturated heterocycles. The van der Waals surface area contributed by atoms with Gasteiger partial charge >= 0.3 is 5.97 Å². The van der Waals surface area contributed by atoms with Gasteiger partial charge in [0.15, 0.2) is 5.54 Å². The largest absolute Gasteiger partial charge is 0.480 e. The fourth-order valence-corrected chi connectivity index (χ4v) is 3.90. The van der Waals surface area contributed by atoms with E-state index in [1.807, 2.05) is 0 Å². The lowest BCUT2D eigenvalue weighted by Crippen LogP contribution is -2.55. The predicted molar refractivity (Wildman–Crippen MR) is 52.8 cm³/mol. The number of aliphatic carboxylic acids is 1. The second kappa shape index (κ2) is 3.73. The minimum Gasteiger partial charge on any atom is -0.480 e. The van der Waals surface area contributed by atoms with Crippen molar-refractivity contribution in [1.29, 1.82) is 0 Å². The molecule has 0 aromatic heterocycles. The van der Waals surface area contributed by atoms with E-state index in [0.717, 1.165) is 4.31 Å². The zero-order valence-corrected chi connectivity index (χ0v) is 9.49. The lowest BCUT2D eigenvalue weighted by Gasteiger charge is -2.31. The van der Waals surface area contributed by atoms with E-state index in [1.54, 1.807) is 6.92 Å². The summed E-state index contributed by atoms with van der Waals surface area (Å²) >= 11 is 0. The van der Waals surface area contributed by atoms with Gasteiger partial charge in [-0.2, -0.15) is 4.31 Å². The van der Waals surface area contributed by atoms with Crippen LogP contribution in [0.5, 0.6) is 0 Å². The van der Waals surface area contributed by atoms with Crippen LogP contribution < -0.4 is 0 Å². The van der Waals surface area contributed by atoms with Gasteiger partial charge in [0, 0.05) is 6.54 Å². The van der Waals surface area contributed by atoms with Gasteiger partial charge in [-0.05, 0) is 12.8 Å². The van der Waals surface area contributed by atoms with Crippen molar-refractivity contribution in [3.8, 4) is 0 Å².